The molecule has 52 heavy (non-hydrogen) atoms. The summed E-state index contributed by atoms with van der Waals surface area (Å²) in [6.07, 6.45) is 4.12. The second-order valence-electron chi connectivity index (χ2n) is 14.2. The van der Waals surface area contributed by atoms with Crippen LogP contribution in [0.5, 0.6) is 0 Å². The molecule has 1 aliphatic heterocycles. The molecule has 0 N–H and O–H groups in total. The third-order valence-electron chi connectivity index (χ3n) is 11.2. The summed E-state index contributed by atoms with van der Waals surface area (Å²) in [5.74, 6) is 0.137. The molecule has 0 saturated carbocycles. The number of rotatable bonds is 5. The quantitative estimate of drug-likeness (QED) is 0.168. The van der Waals surface area contributed by atoms with E-state index in [0.717, 1.165) is 51.6 Å². The third kappa shape index (κ3) is 4.82. The van der Waals surface area contributed by atoms with Crippen LogP contribution >= 0.6 is 0 Å². The molecule has 1 aromatic heterocycles. The second kappa shape index (κ2) is 12.2. The lowest BCUT2D eigenvalue weighted by Gasteiger charge is -2.26. The van der Waals surface area contributed by atoms with Crippen molar-refractivity contribution in [2.45, 2.75) is 25.8 Å². The summed E-state index contributed by atoms with van der Waals surface area (Å²) in [4.78, 5) is 5.49. The van der Waals surface area contributed by atoms with Gasteiger partial charge in [0.15, 0.2) is 0 Å². The van der Waals surface area contributed by atoms with E-state index in [1.807, 2.05) is 0 Å². The van der Waals surface area contributed by atoms with E-state index in [1.54, 1.807) is 0 Å². The fraction of sp³-hybridized carbons (Fsp3) is 0.100. The molecule has 1 aliphatic carbocycles. The normalized spacial score (nSPS) is 17.8. The van der Waals surface area contributed by atoms with Gasteiger partial charge in [-0.25, -0.2) is 0 Å². The van der Waals surface area contributed by atoms with Crippen molar-refractivity contribution in [3.63, 3.8) is 0 Å². The summed E-state index contributed by atoms with van der Waals surface area (Å²) in [6, 6.07) is 54.5. The van der Waals surface area contributed by atoms with Crippen LogP contribution in [0.25, 0.3) is 71.7 Å². The minimum atomic E-state index is -0.143. The number of furan rings is 1. The number of hydrogen-bond acceptors (Lipinski definition) is 2. The fourth-order valence-electron chi connectivity index (χ4n) is 8.71. The smallest absolute Gasteiger partial charge is 0.136 e. The van der Waals surface area contributed by atoms with Gasteiger partial charge in [-0.05, 0) is 103 Å². The monoisotopic (exact) mass is 667 g/mol. The third-order valence-corrected chi connectivity index (χ3v) is 11.2. The predicted octanol–water partition coefficient (Wildman–Crippen LogP) is 13.7. The first-order valence-electron chi connectivity index (χ1n) is 18.3. The first-order chi connectivity index (χ1) is 25.7. The summed E-state index contributed by atoms with van der Waals surface area (Å²) in [7, 11) is 0. The lowest BCUT2D eigenvalue weighted by molar-refractivity contribution is 0.669. The highest BCUT2D eigenvalue weighted by Gasteiger charge is 2.27. The van der Waals surface area contributed by atoms with E-state index in [1.165, 1.54) is 60.9 Å². The topological polar surface area (TPSA) is 25.5 Å². The molecule has 8 aromatic rings. The lowest BCUT2D eigenvalue weighted by atomic mass is 9.83. The molecule has 0 bridgehead atoms. The van der Waals surface area contributed by atoms with Gasteiger partial charge < -0.3 is 4.42 Å². The van der Waals surface area contributed by atoms with Gasteiger partial charge >= 0.3 is 0 Å². The molecule has 0 saturated heterocycles. The largest absolute Gasteiger partial charge is 0.456 e. The summed E-state index contributed by atoms with van der Waals surface area (Å²) < 4.78 is 6.60. The maximum atomic E-state index is 6.60. The van der Waals surface area contributed by atoms with Gasteiger partial charge in [-0.3, -0.25) is 4.99 Å². The Morgan fingerprint density at radius 2 is 1.25 bits per heavy atom. The molecule has 2 heterocycles. The molecule has 2 atom stereocenters. The fourth-order valence-corrected chi connectivity index (χ4v) is 8.71. The molecular weight excluding hydrogens is 631 g/mol. The van der Waals surface area contributed by atoms with Crippen LogP contribution in [0.15, 0.2) is 179 Å². The predicted molar refractivity (Wildman–Crippen MR) is 219 cm³/mol. The molecule has 0 fully saturated rings. The van der Waals surface area contributed by atoms with Gasteiger partial charge in [0.1, 0.15) is 11.2 Å². The van der Waals surface area contributed by atoms with E-state index in [0.29, 0.717) is 0 Å². The minimum Gasteiger partial charge on any atom is -0.456 e. The zero-order valence-electron chi connectivity index (χ0n) is 29.1. The van der Waals surface area contributed by atoms with Crippen LogP contribution in [-0.2, 0) is 0 Å². The van der Waals surface area contributed by atoms with Crippen molar-refractivity contribution in [2.24, 2.45) is 10.9 Å². The van der Waals surface area contributed by atoms with Crippen LogP contribution in [-0.4, -0.2) is 5.71 Å². The van der Waals surface area contributed by atoms with Crippen molar-refractivity contribution in [3.8, 4) is 33.4 Å². The van der Waals surface area contributed by atoms with Crippen molar-refractivity contribution in [2.75, 3.05) is 0 Å². The number of aliphatic imine (C=N–C) groups is 1. The molecule has 2 heteroatoms. The Labute approximate surface area is 304 Å². The number of nitrogens with zero attached hydrogens (tertiary/aromatic N) is 1. The van der Waals surface area contributed by atoms with Gasteiger partial charge in [0, 0.05) is 16.7 Å². The maximum Gasteiger partial charge on any atom is 0.136 e. The number of hydrogen-bond donors (Lipinski definition) is 0. The van der Waals surface area contributed by atoms with Crippen molar-refractivity contribution in [1.29, 1.82) is 0 Å². The standard InChI is InChI=1S/C50H37NO/c1-3-32-29-36(28-31(2)49(33-14-6-4-7-15-33)51-50(32)34-16-8-5-9-17-34)38-20-13-23-46-48(38)44-30-35(24-27-45(44)52-46)37-25-26-43-40-19-11-10-18-39(40)42-22-12-21-41(37)47(42)43/h4-27,29-30,32,49H,2-3,28H2,1H3/b36-29+,51-50?. The van der Waals surface area contributed by atoms with Gasteiger partial charge in [0.25, 0.3) is 0 Å². The summed E-state index contributed by atoms with van der Waals surface area (Å²) in [6.45, 7) is 6.97. The molecule has 10 rings (SSSR count). The van der Waals surface area contributed by atoms with Crippen LogP contribution in [0.1, 0.15) is 42.5 Å². The number of benzene rings is 7. The average Bonchev–Trinajstić information content (AvgIpc) is 3.73. The Morgan fingerprint density at radius 3 is 2.04 bits per heavy atom. The van der Waals surface area contributed by atoms with Crippen molar-refractivity contribution in [1.82, 2.24) is 0 Å². The highest BCUT2D eigenvalue weighted by molar-refractivity contribution is 6.19. The van der Waals surface area contributed by atoms with Crippen LogP contribution in [0, 0.1) is 5.92 Å². The van der Waals surface area contributed by atoms with E-state index >= 15 is 0 Å². The molecule has 248 valence electrons. The lowest BCUT2D eigenvalue weighted by Crippen LogP contribution is -2.18. The molecule has 2 aliphatic rings. The first-order valence-corrected chi connectivity index (χ1v) is 18.3. The van der Waals surface area contributed by atoms with Gasteiger partial charge in [-0.1, -0.05) is 153 Å². The zero-order chi connectivity index (χ0) is 34.8. The minimum absolute atomic E-state index is 0.137. The first kappa shape index (κ1) is 30.6. The van der Waals surface area contributed by atoms with Crippen LogP contribution in [0.4, 0.5) is 0 Å². The average molecular weight is 668 g/mol. The van der Waals surface area contributed by atoms with Crippen molar-refractivity contribution < 1.29 is 4.42 Å². The van der Waals surface area contributed by atoms with E-state index in [2.05, 4.69) is 165 Å². The summed E-state index contributed by atoms with van der Waals surface area (Å²) in [5, 5.41) is 4.91. The van der Waals surface area contributed by atoms with Gasteiger partial charge in [-0.15, -0.1) is 0 Å². The highest BCUT2D eigenvalue weighted by Crippen LogP contribution is 2.50. The molecule has 2 unspecified atom stereocenters. The molecular formula is C50H37NO. The van der Waals surface area contributed by atoms with Crippen LogP contribution < -0.4 is 0 Å². The maximum absolute atomic E-state index is 6.60. The summed E-state index contributed by atoms with van der Waals surface area (Å²) >= 11 is 0. The van der Waals surface area contributed by atoms with Crippen molar-refractivity contribution >= 4 is 44.0 Å². The Balaban J connectivity index is 1.15. The zero-order valence-corrected chi connectivity index (χ0v) is 29.1. The van der Waals surface area contributed by atoms with Gasteiger partial charge in [-0.2, -0.15) is 0 Å². The van der Waals surface area contributed by atoms with Crippen LogP contribution in [0.2, 0.25) is 0 Å². The molecule has 0 amide bonds. The Kier molecular flexibility index (Phi) is 7.18. The van der Waals surface area contributed by atoms with E-state index in [9.17, 15) is 0 Å². The highest BCUT2D eigenvalue weighted by atomic mass is 16.3. The molecule has 2 nitrogen and oxygen atoms in total. The SMILES string of the molecule is C=C1C/C(c2cccc3oc4ccc(-c5ccc6c7c(cccc57)-c5ccccc5-6)cc4c23)=C\C(CC)C(c2ccccc2)=NC1c1ccccc1. The van der Waals surface area contributed by atoms with E-state index in [4.69, 9.17) is 16.0 Å². The Morgan fingerprint density at radius 1 is 0.577 bits per heavy atom. The van der Waals surface area contributed by atoms with Crippen molar-refractivity contribution in [3.05, 3.63) is 187 Å². The van der Waals surface area contributed by atoms with Gasteiger partial charge in [0.05, 0.1) is 11.8 Å². The van der Waals surface area contributed by atoms with Gasteiger partial charge in [0.2, 0.25) is 0 Å². The number of allylic oxidation sites excluding steroid dienone is 2. The van der Waals surface area contributed by atoms with E-state index < -0.39 is 0 Å². The summed E-state index contributed by atoms with van der Waals surface area (Å²) in [5.41, 5.74) is 16.5. The Bertz CT molecular complexity index is 2730. The second-order valence-corrected chi connectivity index (χ2v) is 14.2. The number of fused-ring (bicyclic) bond motifs is 6. The van der Waals surface area contributed by atoms with E-state index in [-0.39, 0.29) is 12.0 Å². The van der Waals surface area contributed by atoms with Crippen LogP contribution in [0.3, 0.4) is 0 Å². The Hall–Kier alpha value is -6.25. The molecule has 0 spiro atoms. The molecule has 7 aromatic carbocycles. The molecule has 0 radical (unpaired) electrons.